The number of piperidine rings is 1. The summed E-state index contributed by atoms with van der Waals surface area (Å²) in [6.07, 6.45) is 10.6. The van der Waals surface area contributed by atoms with Gasteiger partial charge in [0.2, 0.25) is 0 Å². The first kappa shape index (κ1) is 12.7. The second-order valence-corrected chi connectivity index (χ2v) is 5.20. The number of rotatable bonds is 3. The van der Waals surface area contributed by atoms with Crippen LogP contribution in [0.1, 0.15) is 32.6 Å². The fourth-order valence-corrected chi connectivity index (χ4v) is 2.86. The van der Waals surface area contributed by atoms with Gasteiger partial charge in [-0.1, -0.05) is 12.2 Å². The van der Waals surface area contributed by atoms with E-state index >= 15 is 0 Å². The van der Waals surface area contributed by atoms with E-state index < -0.39 is 0 Å². The second kappa shape index (κ2) is 5.69. The molecule has 3 heteroatoms. The van der Waals surface area contributed by atoms with Crippen LogP contribution < -0.4 is 0 Å². The predicted octanol–water partition coefficient (Wildman–Crippen LogP) is 1.95. The van der Waals surface area contributed by atoms with Crippen LogP contribution in [-0.4, -0.2) is 47.3 Å². The van der Waals surface area contributed by atoms with Gasteiger partial charge in [0.05, 0.1) is 0 Å². The fourth-order valence-electron chi connectivity index (χ4n) is 2.86. The van der Waals surface area contributed by atoms with E-state index in [4.69, 9.17) is 0 Å². The highest BCUT2D eigenvalue weighted by Gasteiger charge is 2.27. The number of allylic oxidation sites excluding steroid dienone is 4. The van der Waals surface area contributed by atoms with Crippen molar-refractivity contribution in [2.45, 2.75) is 44.9 Å². The van der Waals surface area contributed by atoms with Gasteiger partial charge < -0.3 is 14.9 Å². The molecule has 1 atom stereocenters. The summed E-state index contributed by atoms with van der Waals surface area (Å²) in [6.45, 7) is 4.16. The lowest BCUT2D eigenvalue weighted by molar-refractivity contribution is -0.00487. The van der Waals surface area contributed by atoms with Gasteiger partial charge in [-0.25, -0.2) is 0 Å². The summed E-state index contributed by atoms with van der Waals surface area (Å²) < 4.78 is 0. The third-order valence-corrected chi connectivity index (χ3v) is 3.81. The molecule has 1 unspecified atom stereocenters. The molecule has 1 aliphatic carbocycles. The molecule has 0 bridgehead atoms. The van der Waals surface area contributed by atoms with Gasteiger partial charge >= 0.3 is 0 Å². The molecule has 0 saturated carbocycles. The van der Waals surface area contributed by atoms with Gasteiger partial charge in [0.25, 0.3) is 0 Å². The van der Waals surface area contributed by atoms with E-state index in [2.05, 4.69) is 35.1 Å². The molecule has 1 heterocycles. The Hall–Kier alpha value is -0.800. The molecule has 0 amide bonds. The minimum Gasteiger partial charge on any atom is -0.374 e. The number of likely N-dealkylation sites (tertiary alicyclic amines) is 1. The highest BCUT2D eigenvalue weighted by Crippen LogP contribution is 2.26. The summed E-state index contributed by atoms with van der Waals surface area (Å²) in [5, 5.41) is 10.0. The van der Waals surface area contributed by atoms with Gasteiger partial charge in [-0.05, 0) is 58.8 Å². The Bertz CT molecular complexity index is 301. The van der Waals surface area contributed by atoms with Crippen LogP contribution in [0, 0.1) is 0 Å². The van der Waals surface area contributed by atoms with Crippen LogP contribution in [0.25, 0.3) is 0 Å². The van der Waals surface area contributed by atoms with Gasteiger partial charge in [0.1, 0.15) is 6.23 Å². The maximum atomic E-state index is 10.0. The zero-order chi connectivity index (χ0) is 12.3. The number of nitrogens with zero attached hydrogens (tertiary/aromatic N) is 2. The molecular formula is C14H24N2O. The van der Waals surface area contributed by atoms with Crippen LogP contribution in [0.5, 0.6) is 0 Å². The molecule has 0 aromatic rings. The van der Waals surface area contributed by atoms with Crippen LogP contribution >= 0.6 is 0 Å². The van der Waals surface area contributed by atoms with Gasteiger partial charge in [-0.15, -0.1) is 0 Å². The zero-order valence-corrected chi connectivity index (χ0v) is 11.0. The van der Waals surface area contributed by atoms with Crippen molar-refractivity contribution in [2.75, 3.05) is 20.1 Å². The number of hydrogen-bond acceptors (Lipinski definition) is 3. The van der Waals surface area contributed by atoms with Crippen molar-refractivity contribution in [3.05, 3.63) is 23.9 Å². The first-order valence-corrected chi connectivity index (χ1v) is 6.69. The van der Waals surface area contributed by atoms with Crippen LogP contribution in [0.2, 0.25) is 0 Å². The summed E-state index contributed by atoms with van der Waals surface area (Å²) >= 11 is 0. The van der Waals surface area contributed by atoms with Gasteiger partial charge in [-0.2, -0.15) is 0 Å². The molecule has 2 rings (SSSR count). The summed E-state index contributed by atoms with van der Waals surface area (Å²) in [6, 6.07) is 0.504. The smallest absolute Gasteiger partial charge is 0.124 e. The molecule has 3 nitrogen and oxygen atoms in total. The molecule has 0 spiro atoms. The largest absolute Gasteiger partial charge is 0.374 e. The Morgan fingerprint density at radius 3 is 2.65 bits per heavy atom. The fraction of sp³-hybridized carbons (Fsp3) is 0.714. The zero-order valence-electron chi connectivity index (χ0n) is 11.0. The first-order valence-electron chi connectivity index (χ1n) is 6.69. The Morgan fingerprint density at radius 2 is 2.12 bits per heavy atom. The Morgan fingerprint density at radius 1 is 1.41 bits per heavy atom. The van der Waals surface area contributed by atoms with Crippen molar-refractivity contribution in [3.8, 4) is 0 Å². The molecule has 1 aliphatic heterocycles. The molecule has 1 N–H and O–H groups in total. The minimum atomic E-state index is -0.374. The lowest BCUT2D eigenvalue weighted by atomic mass is 10.00. The SMILES string of the molecule is CC(O)N(C1=CC=CCC1)C1CCN(C)CC1. The summed E-state index contributed by atoms with van der Waals surface area (Å²) in [5.41, 5.74) is 1.30. The second-order valence-electron chi connectivity index (χ2n) is 5.20. The molecule has 2 aliphatic rings. The average Bonchev–Trinajstić information content (AvgIpc) is 2.33. The molecule has 1 fully saturated rings. The molecule has 0 aromatic heterocycles. The third kappa shape index (κ3) is 3.11. The molecule has 0 radical (unpaired) electrons. The van der Waals surface area contributed by atoms with Gasteiger partial charge in [-0.3, -0.25) is 0 Å². The minimum absolute atomic E-state index is 0.374. The van der Waals surface area contributed by atoms with Crippen molar-refractivity contribution < 1.29 is 5.11 Å². The molecule has 96 valence electrons. The van der Waals surface area contributed by atoms with Gasteiger partial charge in [0.15, 0.2) is 0 Å². The van der Waals surface area contributed by atoms with Crippen LogP contribution in [0.4, 0.5) is 0 Å². The van der Waals surface area contributed by atoms with E-state index in [1.807, 2.05) is 6.92 Å². The lowest BCUT2D eigenvalue weighted by Gasteiger charge is -2.42. The lowest BCUT2D eigenvalue weighted by Crippen LogP contribution is -2.47. The van der Waals surface area contributed by atoms with Crippen LogP contribution in [-0.2, 0) is 0 Å². The average molecular weight is 236 g/mol. The predicted molar refractivity (Wildman–Crippen MR) is 70.5 cm³/mol. The third-order valence-electron chi connectivity index (χ3n) is 3.81. The quantitative estimate of drug-likeness (QED) is 0.759. The maximum absolute atomic E-state index is 10.0. The highest BCUT2D eigenvalue weighted by atomic mass is 16.3. The number of aliphatic hydroxyl groups is 1. The standard InChI is InChI=1S/C14H24N2O/c1-12(17)16(13-6-4-3-5-7-13)14-8-10-15(2)11-9-14/h3-4,6,12,14,17H,5,7-11H2,1-2H3. The van der Waals surface area contributed by atoms with E-state index in [1.54, 1.807) is 0 Å². The maximum Gasteiger partial charge on any atom is 0.124 e. The van der Waals surface area contributed by atoms with Crippen molar-refractivity contribution in [2.24, 2.45) is 0 Å². The van der Waals surface area contributed by atoms with Crippen LogP contribution in [0.15, 0.2) is 23.9 Å². The molecule has 1 saturated heterocycles. The van der Waals surface area contributed by atoms with E-state index in [1.165, 1.54) is 5.70 Å². The van der Waals surface area contributed by atoms with Crippen molar-refractivity contribution in [1.29, 1.82) is 0 Å². The topological polar surface area (TPSA) is 26.7 Å². The Balaban J connectivity index is 2.06. The van der Waals surface area contributed by atoms with E-state index in [9.17, 15) is 5.11 Å². The molecular weight excluding hydrogens is 212 g/mol. The molecule has 0 aromatic carbocycles. The van der Waals surface area contributed by atoms with Crippen molar-refractivity contribution >= 4 is 0 Å². The first-order chi connectivity index (χ1) is 8.18. The highest BCUT2D eigenvalue weighted by molar-refractivity contribution is 5.18. The number of hydrogen-bond donors (Lipinski definition) is 1. The summed E-state index contributed by atoms with van der Waals surface area (Å²) in [7, 11) is 2.17. The van der Waals surface area contributed by atoms with E-state index in [0.717, 1.165) is 38.8 Å². The summed E-state index contributed by atoms with van der Waals surface area (Å²) in [5.74, 6) is 0. The normalized spacial score (nSPS) is 24.5. The van der Waals surface area contributed by atoms with Gasteiger partial charge in [0, 0.05) is 11.7 Å². The van der Waals surface area contributed by atoms with Crippen LogP contribution in [0.3, 0.4) is 0 Å². The Labute approximate surface area is 104 Å². The number of aliphatic hydroxyl groups excluding tert-OH is 1. The van der Waals surface area contributed by atoms with Crippen molar-refractivity contribution in [3.63, 3.8) is 0 Å². The van der Waals surface area contributed by atoms with E-state index in [-0.39, 0.29) is 6.23 Å². The Kier molecular flexibility index (Phi) is 4.24. The summed E-state index contributed by atoms with van der Waals surface area (Å²) in [4.78, 5) is 4.60. The monoisotopic (exact) mass is 236 g/mol. The molecule has 17 heavy (non-hydrogen) atoms. The van der Waals surface area contributed by atoms with E-state index in [0.29, 0.717) is 6.04 Å². The van der Waals surface area contributed by atoms with Crippen molar-refractivity contribution in [1.82, 2.24) is 9.80 Å².